The van der Waals surface area contributed by atoms with Gasteiger partial charge in [0.05, 0.1) is 11.4 Å². The van der Waals surface area contributed by atoms with Crippen molar-refractivity contribution < 1.29 is 9.32 Å². The Morgan fingerprint density at radius 2 is 2.08 bits per heavy atom. The smallest absolute Gasteiger partial charge is 0.225 e. The summed E-state index contributed by atoms with van der Waals surface area (Å²) in [7, 11) is 0. The molecule has 4 rings (SSSR count). The fraction of sp³-hybridized carbons (Fsp3) is 0.667. The van der Waals surface area contributed by atoms with Crippen LogP contribution in [0.2, 0.25) is 0 Å². The Balaban J connectivity index is 1.50. The molecular weight excluding hydrogens is 336 g/mol. The van der Waals surface area contributed by atoms with Crippen LogP contribution in [0.15, 0.2) is 10.6 Å². The van der Waals surface area contributed by atoms with Crippen LogP contribution in [0.1, 0.15) is 62.3 Å². The van der Waals surface area contributed by atoms with Crippen LogP contribution in [0.4, 0.5) is 0 Å². The van der Waals surface area contributed by atoms with Gasteiger partial charge in [0.25, 0.3) is 0 Å². The summed E-state index contributed by atoms with van der Waals surface area (Å²) < 4.78 is 9.55. The summed E-state index contributed by atoms with van der Waals surface area (Å²) in [5.41, 5.74) is 1.81. The number of aryl methyl sites for hydroxylation is 1. The number of hydrogen-bond acceptors (Lipinski definition) is 6. The summed E-state index contributed by atoms with van der Waals surface area (Å²) in [6.07, 6.45) is 7.84. The first-order chi connectivity index (χ1) is 12.2. The highest BCUT2D eigenvalue weighted by Gasteiger charge is 2.32. The predicted octanol–water partition coefficient (Wildman–Crippen LogP) is 3.79. The first-order valence-electron chi connectivity index (χ1n) is 9.27. The van der Waals surface area contributed by atoms with Gasteiger partial charge >= 0.3 is 0 Å². The van der Waals surface area contributed by atoms with Crippen molar-refractivity contribution in [1.29, 1.82) is 0 Å². The molecule has 1 saturated heterocycles. The fourth-order valence-electron chi connectivity index (χ4n) is 4.11. The van der Waals surface area contributed by atoms with Crippen molar-refractivity contribution in [2.24, 2.45) is 5.92 Å². The Morgan fingerprint density at radius 3 is 2.84 bits per heavy atom. The summed E-state index contributed by atoms with van der Waals surface area (Å²) in [5, 5.41) is 8.35. The monoisotopic (exact) mass is 360 g/mol. The van der Waals surface area contributed by atoms with Crippen LogP contribution in [0.5, 0.6) is 0 Å². The van der Waals surface area contributed by atoms with Crippen LogP contribution in [0, 0.1) is 12.8 Å². The molecule has 0 N–H and O–H groups in total. The van der Waals surface area contributed by atoms with Gasteiger partial charge in [0.2, 0.25) is 5.91 Å². The van der Waals surface area contributed by atoms with Gasteiger partial charge in [-0.15, -0.1) is 5.10 Å². The Labute approximate surface area is 151 Å². The molecular formula is C18H24N4O2S. The van der Waals surface area contributed by atoms with E-state index in [1.165, 1.54) is 30.8 Å². The predicted molar refractivity (Wildman–Crippen MR) is 95.3 cm³/mol. The SMILES string of the molecule is Cc1cc(-c2snnc2[C@H]2CCCN(C(=O)C3CCCCC3)C2)on1. The van der Waals surface area contributed by atoms with E-state index in [9.17, 15) is 4.79 Å². The molecule has 7 heteroatoms. The molecule has 0 aromatic carbocycles. The Bertz CT molecular complexity index is 735. The van der Waals surface area contributed by atoms with Gasteiger partial charge in [0, 0.05) is 31.0 Å². The Hall–Kier alpha value is -1.76. The number of aromatic nitrogens is 3. The van der Waals surface area contributed by atoms with Gasteiger partial charge in [-0.05, 0) is 44.1 Å². The van der Waals surface area contributed by atoms with E-state index in [4.69, 9.17) is 4.52 Å². The standard InChI is InChI=1S/C18H24N4O2S/c1-12-10-15(24-20-12)17-16(19-21-25-17)14-8-5-9-22(11-14)18(23)13-6-3-2-4-7-13/h10,13-14H,2-9,11H2,1H3/t14-/m0/s1. The molecule has 2 fully saturated rings. The van der Waals surface area contributed by atoms with Gasteiger partial charge in [-0.3, -0.25) is 4.79 Å². The van der Waals surface area contributed by atoms with Crippen molar-refractivity contribution >= 4 is 17.4 Å². The van der Waals surface area contributed by atoms with E-state index >= 15 is 0 Å². The maximum absolute atomic E-state index is 12.9. The first kappa shape index (κ1) is 16.7. The lowest BCUT2D eigenvalue weighted by molar-refractivity contribution is -0.137. The lowest BCUT2D eigenvalue weighted by Gasteiger charge is -2.35. The summed E-state index contributed by atoms with van der Waals surface area (Å²) in [4.78, 5) is 15.9. The van der Waals surface area contributed by atoms with Crippen molar-refractivity contribution in [2.75, 3.05) is 13.1 Å². The molecule has 1 atom stereocenters. The van der Waals surface area contributed by atoms with Crippen LogP contribution in [-0.2, 0) is 4.79 Å². The van der Waals surface area contributed by atoms with Crippen LogP contribution in [-0.4, -0.2) is 38.6 Å². The third kappa shape index (κ3) is 3.47. The van der Waals surface area contributed by atoms with Crippen LogP contribution in [0.3, 0.4) is 0 Å². The lowest BCUT2D eigenvalue weighted by Crippen LogP contribution is -2.43. The zero-order valence-corrected chi connectivity index (χ0v) is 15.4. The van der Waals surface area contributed by atoms with E-state index in [1.54, 1.807) is 0 Å². The lowest BCUT2D eigenvalue weighted by atomic mass is 9.86. The first-order valence-corrected chi connectivity index (χ1v) is 10.0. The van der Waals surface area contributed by atoms with Gasteiger partial charge < -0.3 is 9.42 Å². The van der Waals surface area contributed by atoms with Gasteiger partial charge in [-0.2, -0.15) is 0 Å². The maximum Gasteiger partial charge on any atom is 0.225 e. The fourth-order valence-corrected chi connectivity index (χ4v) is 4.81. The third-order valence-electron chi connectivity index (χ3n) is 5.44. The molecule has 0 radical (unpaired) electrons. The summed E-state index contributed by atoms with van der Waals surface area (Å²) in [5.74, 6) is 1.56. The van der Waals surface area contributed by atoms with Crippen molar-refractivity contribution in [3.05, 3.63) is 17.5 Å². The number of carbonyl (C=O) groups excluding carboxylic acids is 1. The number of rotatable bonds is 3. The molecule has 3 heterocycles. The van der Waals surface area contributed by atoms with E-state index in [-0.39, 0.29) is 11.8 Å². The second kappa shape index (κ2) is 7.23. The van der Waals surface area contributed by atoms with Gasteiger partial charge in [-0.1, -0.05) is 28.9 Å². The number of amides is 1. The molecule has 2 aromatic heterocycles. The second-order valence-corrected chi connectivity index (χ2v) is 8.03. The summed E-state index contributed by atoms with van der Waals surface area (Å²) >= 11 is 1.35. The van der Waals surface area contributed by atoms with Crippen LogP contribution >= 0.6 is 11.5 Å². The van der Waals surface area contributed by atoms with Crippen LogP contribution < -0.4 is 0 Å². The molecule has 2 aliphatic rings. The quantitative estimate of drug-likeness (QED) is 0.833. The molecule has 2 aromatic rings. The van der Waals surface area contributed by atoms with Gasteiger partial charge in [0.15, 0.2) is 5.76 Å². The largest absolute Gasteiger partial charge is 0.355 e. The second-order valence-electron chi connectivity index (χ2n) is 7.28. The minimum Gasteiger partial charge on any atom is -0.355 e. The maximum atomic E-state index is 12.9. The topological polar surface area (TPSA) is 72.1 Å². The highest BCUT2D eigenvalue weighted by Crippen LogP contribution is 2.36. The van der Waals surface area contributed by atoms with E-state index in [0.717, 1.165) is 60.8 Å². The molecule has 0 spiro atoms. The zero-order chi connectivity index (χ0) is 17.2. The molecule has 1 amide bonds. The molecule has 0 bridgehead atoms. The van der Waals surface area contributed by atoms with E-state index in [2.05, 4.69) is 19.6 Å². The molecule has 25 heavy (non-hydrogen) atoms. The Kier molecular flexibility index (Phi) is 4.83. The number of hydrogen-bond donors (Lipinski definition) is 0. The Morgan fingerprint density at radius 1 is 1.24 bits per heavy atom. The van der Waals surface area contributed by atoms with E-state index in [1.807, 2.05) is 13.0 Å². The zero-order valence-electron chi connectivity index (χ0n) is 14.6. The van der Waals surface area contributed by atoms with Crippen molar-refractivity contribution in [2.45, 2.75) is 57.8 Å². The molecule has 134 valence electrons. The van der Waals surface area contributed by atoms with Gasteiger partial charge in [-0.25, -0.2) is 0 Å². The number of piperidine rings is 1. The number of likely N-dealkylation sites (tertiary alicyclic amines) is 1. The number of nitrogens with zero attached hydrogens (tertiary/aromatic N) is 4. The molecule has 1 saturated carbocycles. The van der Waals surface area contributed by atoms with Crippen molar-refractivity contribution in [1.82, 2.24) is 19.6 Å². The number of carbonyl (C=O) groups is 1. The molecule has 6 nitrogen and oxygen atoms in total. The third-order valence-corrected chi connectivity index (χ3v) is 6.20. The highest BCUT2D eigenvalue weighted by molar-refractivity contribution is 7.09. The van der Waals surface area contributed by atoms with Crippen LogP contribution in [0.25, 0.3) is 10.6 Å². The minimum atomic E-state index is 0.234. The van der Waals surface area contributed by atoms with Gasteiger partial charge in [0.1, 0.15) is 4.88 Å². The molecule has 1 aliphatic carbocycles. The summed E-state index contributed by atoms with van der Waals surface area (Å²) in [6.45, 7) is 3.54. The minimum absolute atomic E-state index is 0.234. The average Bonchev–Trinajstić information content (AvgIpc) is 3.30. The highest BCUT2D eigenvalue weighted by atomic mass is 32.1. The summed E-state index contributed by atoms with van der Waals surface area (Å²) in [6, 6.07) is 1.92. The van der Waals surface area contributed by atoms with E-state index < -0.39 is 0 Å². The van der Waals surface area contributed by atoms with Crippen molar-refractivity contribution in [3.63, 3.8) is 0 Å². The normalized spacial score (nSPS) is 22.3. The molecule has 1 aliphatic heterocycles. The molecule has 0 unspecified atom stereocenters. The van der Waals surface area contributed by atoms with Crippen molar-refractivity contribution in [3.8, 4) is 10.6 Å². The van der Waals surface area contributed by atoms with E-state index in [0.29, 0.717) is 5.91 Å². The average molecular weight is 360 g/mol.